The third-order valence-electron chi connectivity index (χ3n) is 6.51. The Morgan fingerprint density at radius 3 is 2.70 bits per heavy atom. The Morgan fingerprint density at radius 1 is 1.15 bits per heavy atom. The number of rotatable bonds is 9. The number of halogens is 1. The normalized spacial score (nSPS) is 17.6. The number of benzene rings is 1. The second-order valence-electron chi connectivity index (χ2n) is 8.97. The van der Waals surface area contributed by atoms with E-state index in [1.54, 1.807) is 24.4 Å². The van der Waals surface area contributed by atoms with Crippen LogP contribution in [0.25, 0.3) is 11.1 Å². The average molecular weight is 456 g/mol. The van der Waals surface area contributed by atoms with Gasteiger partial charge in [-0.1, -0.05) is 25.3 Å². The third kappa shape index (κ3) is 7.24. The molecule has 178 valence electrons. The number of pyridine rings is 1. The number of hydrogen-bond donors (Lipinski definition) is 1. The molecule has 1 saturated carbocycles. The Bertz CT molecular complexity index is 894. The van der Waals surface area contributed by atoms with Crippen molar-refractivity contribution in [3.8, 4) is 16.9 Å². The molecule has 33 heavy (non-hydrogen) atoms. The highest BCUT2D eigenvalue weighted by Crippen LogP contribution is 2.26. The van der Waals surface area contributed by atoms with Crippen molar-refractivity contribution in [2.45, 2.75) is 38.5 Å². The van der Waals surface area contributed by atoms with Gasteiger partial charge in [-0.2, -0.15) is 0 Å². The molecule has 6 nitrogen and oxygen atoms in total. The minimum atomic E-state index is -0.348. The van der Waals surface area contributed by atoms with Gasteiger partial charge >= 0.3 is 0 Å². The predicted octanol–water partition coefficient (Wildman–Crippen LogP) is 3.84. The van der Waals surface area contributed by atoms with E-state index >= 15 is 0 Å². The van der Waals surface area contributed by atoms with E-state index in [0.29, 0.717) is 35.1 Å². The summed E-state index contributed by atoms with van der Waals surface area (Å²) < 4.78 is 25.8. The molecule has 2 fully saturated rings. The van der Waals surface area contributed by atoms with Crippen LogP contribution < -0.4 is 10.1 Å². The monoisotopic (exact) mass is 455 g/mol. The van der Waals surface area contributed by atoms with Crippen LogP contribution in [0.2, 0.25) is 0 Å². The molecule has 1 aliphatic heterocycles. The number of carbonyl (C=O) groups is 1. The van der Waals surface area contributed by atoms with Crippen LogP contribution in [0.15, 0.2) is 36.5 Å². The van der Waals surface area contributed by atoms with Gasteiger partial charge in [-0.25, -0.2) is 4.39 Å². The van der Waals surface area contributed by atoms with Crippen molar-refractivity contribution in [1.29, 1.82) is 0 Å². The summed E-state index contributed by atoms with van der Waals surface area (Å²) in [6.45, 7) is 5.37. The lowest BCUT2D eigenvalue weighted by Crippen LogP contribution is -2.38. The Morgan fingerprint density at radius 2 is 1.97 bits per heavy atom. The first-order valence-corrected chi connectivity index (χ1v) is 12.1. The number of carbonyl (C=O) groups excluding carboxylic acids is 1. The first-order chi connectivity index (χ1) is 16.2. The van der Waals surface area contributed by atoms with Gasteiger partial charge in [0.25, 0.3) is 0 Å². The van der Waals surface area contributed by atoms with E-state index < -0.39 is 0 Å². The number of amides is 1. The highest BCUT2D eigenvalue weighted by molar-refractivity contribution is 5.78. The van der Waals surface area contributed by atoms with Gasteiger partial charge in [-0.05, 0) is 37.0 Å². The summed E-state index contributed by atoms with van der Waals surface area (Å²) >= 11 is 0. The van der Waals surface area contributed by atoms with Crippen LogP contribution in [0.1, 0.15) is 37.8 Å². The molecule has 0 spiro atoms. The zero-order valence-corrected chi connectivity index (χ0v) is 19.2. The maximum absolute atomic E-state index is 14.7. The standard InChI is InChI=1S/C26H34FN3O3/c27-25-17-23(33-15-12-30-10-13-32-14-11-30)8-9-24(25)21-6-7-22(28-19-21)16-26(31)29-18-20-4-2-1-3-5-20/h6-9,17,19-20H,1-5,10-16,18H2,(H,29,31). The van der Waals surface area contributed by atoms with Crippen molar-refractivity contribution in [1.82, 2.24) is 15.2 Å². The van der Waals surface area contributed by atoms with Gasteiger partial charge in [0.15, 0.2) is 0 Å². The summed E-state index contributed by atoms with van der Waals surface area (Å²) in [5.41, 5.74) is 1.83. The largest absolute Gasteiger partial charge is 0.492 e. The fourth-order valence-corrected chi connectivity index (χ4v) is 4.50. The number of ether oxygens (including phenoxy) is 2. The predicted molar refractivity (Wildman–Crippen MR) is 126 cm³/mol. The fraction of sp³-hybridized carbons (Fsp3) is 0.538. The number of aromatic nitrogens is 1. The van der Waals surface area contributed by atoms with E-state index in [4.69, 9.17) is 9.47 Å². The van der Waals surface area contributed by atoms with Gasteiger partial charge < -0.3 is 14.8 Å². The highest BCUT2D eigenvalue weighted by Gasteiger charge is 2.15. The van der Waals surface area contributed by atoms with Gasteiger partial charge in [0, 0.05) is 55.3 Å². The molecule has 1 aliphatic carbocycles. The maximum Gasteiger partial charge on any atom is 0.226 e. The van der Waals surface area contributed by atoms with E-state index in [9.17, 15) is 9.18 Å². The molecule has 0 bridgehead atoms. The van der Waals surface area contributed by atoms with E-state index in [-0.39, 0.29) is 18.1 Å². The quantitative estimate of drug-likeness (QED) is 0.623. The van der Waals surface area contributed by atoms with Crippen LogP contribution in [0.5, 0.6) is 5.75 Å². The SMILES string of the molecule is O=C(Cc1ccc(-c2ccc(OCCN3CCOCC3)cc2F)cn1)NCC1CCCCC1. The molecule has 1 aromatic heterocycles. The van der Waals surface area contributed by atoms with E-state index in [1.165, 1.54) is 38.2 Å². The third-order valence-corrected chi connectivity index (χ3v) is 6.51. The lowest BCUT2D eigenvalue weighted by Gasteiger charge is -2.26. The molecule has 2 aliphatic rings. The molecule has 1 aromatic carbocycles. The molecule has 7 heteroatoms. The smallest absolute Gasteiger partial charge is 0.226 e. The van der Waals surface area contributed by atoms with Crippen LogP contribution in [0, 0.1) is 11.7 Å². The van der Waals surface area contributed by atoms with Crippen molar-refractivity contribution in [3.63, 3.8) is 0 Å². The van der Waals surface area contributed by atoms with Crippen molar-refractivity contribution in [2.24, 2.45) is 5.92 Å². The summed E-state index contributed by atoms with van der Waals surface area (Å²) in [6, 6.07) is 8.52. The van der Waals surface area contributed by atoms with Gasteiger partial charge in [0.1, 0.15) is 18.2 Å². The minimum absolute atomic E-state index is 0.00872. The Kier molecular flexibility index (Phi) is 8.66. The van der Waals surface area contributed by atoms with E-state index in [1.807, 2.05) is 6.07 Å². The van der Waals surface area contributed by atoms with E-state index in [0.717, 1.165) is 39.4 Å². The average Bonchev–Trinajstić information content (AvgIpc) is 2.85. The molecule has 0 atom stereocenters. The number of hydrogen-bond acceptors (Lipinski definition) is 5. The highest BCUT2D eigenvalue weighted by atomic mass is 19.1. The molecule has 1 N–H and O–H groups in total. The minimum Gasteiger partial charge on any atom is -0.492 e. The van der Waals surface area contributed by atoms with Crippen LogP contribution in [-0.2, 0) is 16.0 Å². The topological polar surface area (TPSA) is 63.7 Å². The van der Waals surface area contributed by atoms with Crippen LogP contribution in [-0.4, -0.2) is 61.8 Å². The molecule has 0 unspecified atom stereocenters. The van der Waals surface area contributed by atoms with Gasteiger partial charge in [-0.3, -0.25) is 14.7 Å². The van der Waals surface area contributed by atoms with Crippen molar-refractivity contribution in [2.75, 3.05) is 46.0 Å². The Labute approximate surface area is 195 Å². The molecule has 2 heterocycles. The van der Waals surface area contributed by atoms with Gasteiger partial charge in [-0.15, -0.1) is 0 Å². The molecule has 0 radical (unpaired) electrons. The molecule has 1 saturated heterocycles. The number of morpholine rings is 1. The molecule has 2 aromatic rings. The van der Waals surface area contributed by atoms with Crippen LogP contribution in [0.3, 0.4) is 0 Å². The van der Waals surface area contributed by atoms with Crippen molar-refractivity contribution in [3.05, 3.63) is 48.0 Å². The second-order valence-corrected chi connectivity index (χ2v) is 8.97. The lowest BCUT2D eigenvalue weighted by molar-refractivity contribution is -0.120. The first-order valence-electron chi connectivity index (χ1n) is 12.1. The second kappa shape index (κ2) is 12.1. The molecular weight excluding hydrogens is 421 g/mol. The summed E-state index contributed by atoms with van der Waals surface area (Å²) in [6.07, 6.45) is 8.12. The van der Waals surface area contributed by atoms with Gasteiger partial charge in [0.2, 0.25) is 5.91 Å². The summed E-state index contributed by atoms with van der Waals surface area (Å²) in [5, 5.41) is 3.04. The number of nitrogens with one attached hydrogen (secondary N) is 1. The van der Waals surface area contributed by atoms with Crippen molar-refractivity contribution >= 4 is 5.91 Å². The van der Waals surface area contributed by atoms with Crippen molar-refractivity contribution < 1.29 is 18.7 Å². The summed E-state index contributed by atoms with van der Waals surface area (Å²) in [7, 11) is 0. The maximum atomic E-state index is 14.7. The summed E-state index contributed by atoms with van der Waals surface area (Å²) in [5.74, 6) is 0.764. The van der Waals surface area contributed by atoms with Crippen LogP contribution in [0.4, 0.5) is 4.39 Å². The van der Waals surface area contributed by atoms with Crippen LogP contribution >= 0.6 is 0 Å². The zero-order chi connectivity index (χ0) is 22.9. The first kappa shape index (κ1) is 23.6. The molecular formula is C26H34FN3O3. The summed E-state index contributed by atoms with van der Waals surface area (Å²) in [4.78, 5) is 18.9. The Hall–Kier alpha value is -2.51. The van der Waals surface area contributed by atoms with E-state index in [2.05, 4.69) is 15.2 Å². The molecule has 4 rings (SSSR count). The number of nitrogens with zero attached hydrogens (tertiary/aromatic N) is 2. The zero-order valence-electron chi connectivity index (χ0n) is 19.2. The Balaban J connectivity index is 1.25. The lowest BCUT2D eigenvalue weighted by atomic mass is 9.89. The fourth-order valence-electron chi connectivity index (χ4n) is 4.50. The molecule has 1 amide bonds. The van der Waals surface area contributed by atoms with Gasteiger partial charge in [0.05, 0.1) is 19.6 Å².